The number of rotatable bonds is 2. The Morgan fingerprint density at radius 2 is 1.95 bits per heavy atom. The van der Waals surface area contributed by atoms with Gasteiger partial charge in [0.05, 0.1) is 23.1 Å². The van der Waals surface area contributed by atoms with Crippen molar-refractivity contribution in [3.8, 4) is 17.1 Å². The highest BCUT2D eigenvalue weighted by molar-refractivity contribution is 5.61. The summed E-state index contributed by atoms with van der Waals surface area (Å²) in [4.78, 5) is 4.15. The van der Waals surface area contributed by atoms with E-state index in [4.69, 9.17) is 0 Å². The summed E-state index contributed by atoms with van der Waals surface area (Å²) in [6, 6.07) is 3.76. The van der Waals surface area contributed by atoms with E-state index in [9.17, 15) is 13.2 Å². The number of hydrogen-bond acceptors (Lipinski definition) is 3. The quantitative estimate of drug-likeness (QED) is 0.790. The van der Waals surface area contributed by atoms with E-state index in [0.29, 0.717) is 5.69 Å². The number of halogens is 3. The van der Waals surface area contributed by atoms with E-state index < -0.39 is 11.7 Å². The molecule has 0 atom stereocenters. The fourth-order valence-corrected chi connectivity index (χ4v) is 2.23. The lowest BCUT2D eigenvalue weighted by molar-refractivity contribution is -0.137. The summed E-state index contributed by atoms with van der Waals surface area (Å²) in [6.07, 6.45) is -1.26. The summed E-state index contributed by atoms with van der Waals surface area (Å²) in [7, 11) is 0. The molecule has 0 saturated carbocycles. The summed E-state index contributed by atoms with van der Waals surface area (Å²) >= 11 is 0. The van der Waals surface area contributed by atoms with Gasteiger partial charge in [-0.3, -0.25) is 5.10 Å². The molecule has 3 rings (SSSR count). The average Bonchev–Trinajstić information content (AvgIpc) is 3.05. The molecule has 22 heavy (non-hydrogen) atoms. The summed E-state index contributed by atoms with van der Waals surface area (Å²) < 4.78 is 40.2. The number of aromatic amines is 1. The van der Waals surface area contributed by atoms with E-state index in [2.05, 4.69) is 20.3 Å². The van der Waals surface area contributed by atoms with Crippen LogP contribution in [0.3, 0.4) is 0 Å². The zero-order chi connectivity index (χ0) is 15.9. The van der Waals surface area contributed by atoms with Gasteiger partial charge in [0.15, 0.2) is 5.82 Å². The zero-order valence-corrected chi connectivity index (χ0v) is 11.8. The zero-order valence-electron chi connectivity index (χ0n) is 11.8. The Labute approximate surface area is 123 Å². The Kier molecular flexibility index (Phi) is 3.23. The lowest BCUT2D eigenvalue weighted by Gasteiger charge is -2.11. The van der Waals surface area contributed by atoms with E-state index in [1.54, 1.807) is 25.4 Å². The number of nitrogens with one attached hydrogen (secondary N) is 1. The van der Waals surface area contributed by atoms with Gasteiger partial charge in [0, 0.05) is 17.5 Å². The van der Waals surface area contributed by atoms with Gasteiger partial charge in [0.25, 0.3) is 0 Å². The number of hydrogen-bond donors (Lipinski definition) is 1. The molecule has 0 fully saturated rings. The number of aromatic nitrogens is 5. The molecule has 0 aliphatic heterocycles. The molecule has 0 aromatic carbocycles. The number of aryl methyl sites for hydroxylation is 1. The van der Waals surface area contributed by atoms with Gasteiger partial charge in [-0.2, -0.15) is 23.4 Å². The molecule has 3 aromatic rings. The molecule has 0 unspecified atom stereocenters. The maximum atomic E-state index is 12.9. The molecule has 0 aliphatic carbocycles. The molecule has 0 bridgehead atoms. The maximum Gasteiger partial charge on any atom is 0.416 e. The van der Waals surface area contributed by atoms with Gasteiger partial charge in [0.1, 0.15) is 0 Å². The van der Waals surface area contributed by atoms with E-state index >= 15 is 0 Å². The van der Waals surface area contributed by atoms with Crippen LogP contribution in [0.25, 0.3) is 17.1 Å². The highest BCUT2D eigenvalue weighted by Crippen LogP contribution is 2.31. The van der Waals surface area contributed by atoms with Gasteiger partial charge < -0.3 is 0 Å². The smallest absolute Gasteiger partial charge is 0.278 e. The summed E-state index contributed by atoms with van der Waals surface area (Å²) in [5.41, 5.74) is 1.72. The minimum Gasteiger partial charge on any atom is -0.278 e. The standard InChI is InChI=1S/C14H12F3N5/c1-8-5-10(14(15,16)17)6-13(20-8)22-9(2)11(7-19-22)12-3-4-18-21-12/h3-7H,1-2H3,(H,18,21). The number of H-pyrrole nitrogens is 1. The number of pyridine rings is 1. The van der Waals surface area contributed by atoms with Gasteiger partial charge in [-0.1, -0.05) is 0 Å². The van der Waals surface area contributed by atoms with Crippen molar-refractivity contribution in [2.45, 2.75) is 20.0 Å². The van der Waals surface area contributed by atoms with E-state index in [0.717, 1.165) is 23.4 Å². The van der Waals surface area contributed by atoms with Gasteiger partial charge >= 0.3 is 6.18 Å². The van der Waals surface area contributed by atoms with Crippen molar-refractivity contribution < 1.29 is 13.2 Å². The predicted molar refractivity (Wildman–Crippen MR) is 73.4 cm³/mol. The summed E-state index contributed by atoms with van der Waals surface area (Å²) in [6.45, 7) is 3.29. The normalized spacial score (nSPS) is 11.9. The molecule has 0 aliphatic rings. The molecule has 3 aromatic heterocycles. The molecule has 114 valence electrons. The van der Waals surface area contributed by atoms with Crippen LogP contribution < -0.4 is 0 Å². The van der Waals surface area contributed by atoms with Crippen molar-refractivity contribution in [1.82, 2.24) is 25.0 Å². The average molecular weight is 307 g/mol. The lowest BCUT2D eigenvalue weighted by atomic mass is 10.2. The third-order valence-corrected chi connectivity index (χ3v) is 3.28. The third-order valence-electron chi connectivity index (χ3n) is 3.28. The fourth-order valence-electron chi connectivity index (χ4n) is 2.23. The third kappa shape index (κ3) is 2.47. The van der Waals surface area contributed by atoms with Crippen LogP contribution in [0.1, 0.15) is 17.0 Å². The first-order chi connectivity index (χ1) is 10.4. The fraction of sp³-hybridized carbons (Fsp3) is 0.214. The highest BCUT2D eigenvalue weighted by Gasteiger charge is 2.31. The molecular formula is C14H12F3N5. The maximum absolute atomic E-state index is 12.9. The Morgan fingerprint density at radius 3 is 2.59 bits per heavy atom. The number of nitrogens with zero attached hydrogens (tertiary/aromatic N) is 4. The topological polar surface area (TPSA) is 59.4 Å². The van der Waals surface area contributed by atoms with Crippen molar-refractivity contribution in [1.29, 1.82) is 0 Å². The van der Waals surface area contributed by atoms with Crippen LogP contribution in [0.5, 0.6) is 0 Å². The van der Waals surface area contributed by atoms with Crippen molar-refractivity contribution >= 4 is 0 Å². The van der Waals surface area contributed by atoms with Crippen LogP contribution in [0.15, 0.2) is 30.6 Å². The van der Waals surface area contributed by atoms with Gasteiger partial charge in [-0.15, -0.1) is 0 Å². The Morgan fingerprint density at radius 1 is 1.18 bits per heavy atom. The van der Waals surface area contributed by atoms with Gasteiger partial charge in [-0.05, 0) is 32.0 Å². The van der Waals surface area contributed by atoms with Crippen molar-refractivity contribution in [2.75, 3.05) is 0 Å². The molecule has 0 amide bonds. The number of alkyl halides is 3. The van der Waals surface area contributed by atoms with Crippen molar-refractivity contribution in [3.63, 3.8) is 0 Å². The highest BCUT2D eigenvalue weighted by atomic mass is 19.4. The Hall–Kier alpha value is -2.64. The second-order valence-electron chi connectivity index (χ2n) is 4.88. The first kappa shape index (κ1) is 14.3. The molecule has 0 radical (unpaired) electrons. The SMILES string of the molecule is Cc1cc(C(F)(F)F)cc(-n2ncc(-c3ccn[nH]3)c2C)n1. The Balaban J connectivity index is 2.11. The van der Waals surface area contributed by atoms with Gasteiger partial charge in [0.2, 0.25) is 0 Å². The molecule has 3 heterocycles. The molecule has 8 heteroatoms. The van der Waals surface area contributed by atoms with Crippen LogP contribution in [0.2, 0.25) is 0 Å². The molecule has 5 nitrogen and oxygen atoms in total. The Bertz CT molecular complexity index is 802. The molecule has 1 N–H and O–H groups in total. The predicted octanol–water partition coefficient (Wildman–Crippen LogP) is 3.29. The molecular weight excluding hydrogens is 295 g/mol. The minimum absolute atomic E-state index is 0.135. The van der Waals surface area contributed by atoms with E-state index in [1.807, 2.05) is 0 Å². The van der Waals surface area contributed by atoms with Gasteiger partial charge in [-0.25, -0.2) is 9.67 Å². The van der Waals surface area contributed by atoms with Crippen molar-refractivity contribution in [3.05, 3.63) is 47.5 Å². The lowest BCUT2D eigenvalue weighted by Crippen LogP contribution is -2.10. The minimum atomic E-state index is -4.42. The first-order valence-corrected chi connectivity index (χ1v) is 6.47. The van der Waals surface area contributed by atoms with Crippen LogP contribution in [-0.4, -0.2) is 25.0 Å². The van der Waals surface area contributed by atoms with Crippen LogP contribution in [0, 0.1) is 13.8 Å². The van der Waals surface area contributed by atoms with Crippen LogP contribution in [-0.2, 0) is 6.18 Å². The first-order valence-electron chi connectivity index (χ1n) is 6.47. The second kappa shape index (κ2) is 4.97. The summed E-state index contributed by atoms with van der Waals surface area (Å²) in [5, 5.41) is 10.8. The van der Waals surface area contributed by atoms with Crippen LogP contribution in [0.4, 0.5) is 13.2 Å². The van der Waals surface area contributed by atoms with E-state index in [-0.39, 0.29) is 11.5 Å². The molecule has 0 saturated heterocycles. The van der Waals surface area contributed by atoms with Crippen molar-refractivity contribution in [2.24, 2.45) is 0 Å². The monoisotopic (exact) mass is 307 g/mol. The van der Waals surface area contributed by atoms with E-state index in [1.165, 1.54) is 11.6 Å². The second-order valence-corrected chi connectivity index (χ2v) is 4.88. The summed E-state index contributed by atoms with van der Waals surface area (Å²) in [5.74, 6) is 0.135. The molecule has 0 spiro atoms. The largest absolute Gasteiger partial charge is 0.416 e. The van der Waals surface area contributed by atoms with Crippen LogP contribution >= 0.6 is 0 Å².